The zero-order valence-electron chi connectivity index (χ0n) is 11.9. The molecule has 1 rings (SSSR count). The van der Waals surface area contributed by atoms with Gasteiger partial charge in [0.25, 0.3) is 15.0 Å². The highest BCUT2D eigenvalue weighted by Gasteiger charge is 2.28. The fraction of sp³-hybridized carbons (Fsp3) is 0.462. The first-order valence-corrected chi connectivity index (χ1v) is 8.58. The van der Waals surface area contributed by atoms with E-state index in [4.69, 9.17) is 10.7 Å². The monoisotopic (exact) mass is 339 g/mol. The molecule has 0 saturated carbocycles. The molecule has 0 aliphatic heterocycles. The van der Waals surface area contributed by atoms with Crippen LogP contribution in [0.3, 0.4) is 0 Å². The van der Waals surface area contributed by atoms with Gasteiger partial charge in [0.15, 0.2) is 5.82 Å². The van der Waals surface area contributed by atoms with Gasteiger partial charge in [0, 0.05) is 24.3 Å². The van der Waals surface area contributed by atoms with E-state index in [1.807, 2.05) is 13.8 Å². The summed E-state index contributed by atoms with van der Waals surface area (Å²) in [5.74, 6) is -3.37. The number of rotatable bonds is 5. The lowest BCUT2D eigenvalue weighted by atomic mass is 10.1. The fourth-order valence-corrected chi connectivity index (χ4v) is 2.69. The van der Waals surface area contributed by atoms with Crippen LogP contribution < -0.4 is 0 Å². The van der Waals surface area contributed by atoms with Crippen LogP contribution >= 0.6 is 10.7 Å². The van der Waals surface area contributed by atoms with Crippen molar-refractivity contribution in [3.63, 3.8) is 0 Å². The Morgan fingerprint density at radius 1 is 1.38 bits per heavy atom. The summed E-state index contributed by atoms with van der Waals surface area (Å²) in [7, 11) is 2.06. The summed E-state index contributed by atoms with van der Waals surface area (Å²) in [4.78, 5) is 12.4. The number of carbonyl (C=O) groups excluding carboxylic acids is 1. The molecule has 4 nitrogen and oxygen atoms in total. The standard InChI is InChI=1S/C13H16ClF2NO3S/c1-4-8(2)7-17(3)13(18)11-9(15)5-6-10(12(11)16)21(14,19)20/h5-6,8H,4,7H2,1-3H3. The molecule has 8 heteroatoms. The van der Waals surface area contributed by atoms with Crippen LogP contribution in [0.15, 0.2) is 17.0 Å². The van der Waals surface area contributed by atoms with Crippen molar-refractivity contribution in [3.05, 3.63) is 29.3 Å². The summed E-state index contributed by atoms with van der Waals surface area (Å²) >= 11 is 0. The van der Waals surface area contributed by atoms with E-state index in [0.29, 0.717) is 18.7 Å². The molecule has 0 heterocycles. The highest BCUT2D eigenvalue weighted by molar-refractivity contribution is 8.13. The number of nitrogens with zero attached hydrogens (tertiary/aromatic N) is 1. The van der Waals surface area contributed by atoms with E-state index >= 15 is 0 Å². The number of hydrogen-bond acceptors (Lipinski definition) is 3. The molecule has 0 fully saturated rings. The zero-order valence-corrected chi connectivity index (χ0v) is 13.4. The van der Waals surface area contributed by atoms with Gasteiger partial charge in [-0.05, 0) is 18.1 Å². The number of benzene rings is 1. The van der Waals surface area contributed by atoms with E-state index in [-0.39, 0.29) is 5.92 Å². The molecule has 1 aromatic carbocycles. The Labute approximate surface area is 127 Å². The summed E-state index contributed by atoms with van der Waals surface area (Å²) in [5, 5.41) is 0. The van der Waals surface area contributed by atoms with Crippen LogP contribution in [0.2, 0.25) is 0 Å². The molecule has 0 aliphatic rings. The Bertz CT molecular complexity index is 649. The molecule has 0 spiro atoms. The minimum atomic E-state index is -4.40. The predicted molar refractivity (Wildman–Crippen MR) is 75.8 cm³/mol. The van der Waals surface area contributed by atoms with Gasteiger partial charge >= 0.3 is 0 Å². The molecule has 118 valence electrons. The van der Waals surface area contributed by atoms with Crippen LogP contribution in [-0.4, -0.2) is 32.8 Å². The quantitative estimate of drug-likeness (QED) is 0.775. The molecule has 0 N–H and O–H groups in total. The van der Waals surface area contributed by atoms with Crippen LogP contribution in [0.5, 0.6) is 0 Å². The maximum absolute atomic E-state index is 14.1. The second-order valence-electron chi connectivity index (χ2n) is 4.87. The normalized spacial score (nSPS) is 13.0. The van der Waals surface area contributed by atoms with Gasteiger partial charge in [-0.1, -0.05) is 20.3 Å². The lowest BCUT2D eigenvalue weighted by Crippen LogP contribution is -2.32. The van der Waals surface area contributed by atoms with E-state index in [1.54, 1.807) is 0 Å². The minimum Gasteiger partial charge on any atom is -0.341 e. The topological polar surface area (TPSA) is 54.5 Å². The third-order valence-corrected chi connectivity index (χ3v) is 4.50. The first-order valence-electron chi connectivity index (χ1n) is 6.27. The van der Waals surface area contributed by atoms with E-state index in [2.05, 4.69) is 0 Å². The first kappa shape index (κ1) is 17.8. The first-order chi connectivity index (χ1) is 9.59. The molecule has 0 bridgehead atoms. The molecule has 1 atom stereocenters. The van der Waals surface area contributed by atoms with Crippen molar-refractivity contribution in [2.45, 2.75) is 25.2 Å². The van der Waals surface area contributed by atoms with Gasteiger partial charge in [0.1, 0.15) is 16.3 Å². The van der Waals surface area contributed by atoms with Gasteiger partial charge in [-0.25, -0.2) is 17.2 Å². The smallest absolute Gasteiger partial charge is 0.264 e. The molecule has 1 aromatic rings. The van der Waals surface area contributed by atoms with Crippen LogP contribution in [0.1, 0.15) is 30.6 Å². The van der Waals surface area contributed by atoms with Crippen LogP contribution in [-0.2, 0) is 9.05 Å². The van der Waals surface area contributed by atoms with Gasteiger partial charge < -0.3 is 4.90 Å². The minimum absolute atomic E-state index is 0.144. The maximum Gasteiger partial charge on any atom is 0.264 e. The summed E-state index contributed by atoms with van der Waals surface area (Å²) in [6.45, 7) is 4.10. The van der Waals surface area contributed by atoms with Crippen molar-refractivity contribution < 1.29 is 22.0 Å². The average molecular weight is 340 g/mol. The highest BCUT2D eigenvalue weighted by Crippen LogP contribution is 2.25. The molecule has 1 unspecified atom stereocenters. The highest BCUT2D eigenvalue weighted by atomic mass is 35.7. The molecule has 1 amide bonds. The number of amides is 1. The predicted octanol–water partition coefficient (Wildman–Crippen LogP) is 3.01. The molecular formula is C13H16ClF2NO3S. The fourth-order valence-electron chi connectivity index (χ4n) is 1.79. The number of carbonyl (C=O) groups is 1. The van der Waals surface area contributed by atoms with Crippen molar-refractivity contribution >= 4 is 25.6 Å². The second-order valence-corrected chi connectivity index (χ2v) is 7.41. The number of hydrogen-bond donors (Lipinski definition) is 0. The molecule has 0 radical (unpaired) electrons. The largest absolute Gasteiger partial charge is 0.341 e. The molecule has 21 heavy (non-hydrogen) atoms. The van der Waals surface area contributed by atoms with E-state index in [0.717, 1.165) is 11.3 Å². The second kappa shape index (κ2) is 6.70. The maximum atomic E-state index is 14.1. The lowest BCUT2D eigenvalue weighted by molar-refractivity contribution is 0.0764. The van der Waals surface area contributed by atoms with E-state index in [1.165, 1.54) is 7.05 Å². The Hall–Kier alpha value is -1.21. The van der Waals surface area contributed by atoms with Crippen LogP contribution in [0.4, 0.5) is 8.78 Å². The summed E-state index contributed by atoms with van der Waals surface area (Å²) in [6.07, 6.45) is 0.790. The molecule has 0 saturated heterocycles. The third-order valence-electron chi connectivity index (χ3n) is 3.16. The average Bonchev–Trinajstić information content (AvgIpc) is 2.36. The Morgan fingerprint density at radius 2 is 1.95 bits per heavy atom. The van der Waals surface area contributed by atoms with E-state index in [9.17, 15) is 22.0 Å². The molecule has 0 aromatic heterocycles. The Kier molecular flexibility index (Phi) is 5.69. The van der Waals surface area contributed by atoms with Gasteiger partial charge in [0.2, 0.25) is 0 Å². The molecule has 0 aliphatic carbocycles. The Morgan fingerprint density at radius 3 is 2.43 bits per heavy atom. The third kappa shape index (κ3) is 4.14. The molecular weight excluding hydrogens is 324 g/mol. The van der Waals surface area contributed by atoms with Crippen molar-refractivity contribution in [1.29, 1.82) is 0 Å². The Balaban J connectivity index is 3.27. The van der Waals surface area contributed by atoms with Crippen molar-refractivity contribution in [2.75, 3.05) is 13.6 Å². The summed E-state index contributed by atoms with van der Waals surface area (Å²) in [6, 6.07) is 1.40. The van der Waals surface area contributed by atoms with Gasteiger partial charge in [-0.3, -0.25) is 4.79 Å². The van der Waals surface area contributed by atoms with E-state index < -0.39 is 37.1 Å². The van der Waals surface area contributed by atoms with Crippen LogP contribution in [0, 0.1) is 17.6 Å². The lowest BCUT2D eigenvalue weighted by Gasteiger charge is -2.21. The SMILES string of the molecule is CCC(C)CN(C)C(=O)c1c(F)ccc(S(=O)(=O)Cl)c1F. The summed E-state index contributed by atoms with van der Waals surface area (Å²) < 4.78 is 50.3. The van der Waals surface area contributed by atoms with Crippen LogP contribution in [0.25, 0.3) is 0 Å². The zero-order chi connectivity index (χ0) is 16.4. The van der Waals surface area contributed by atoms with Crippen molar-refractivity contribution in [1.82, 2.24) is 4.90 Å². The summed E-state index contributed by atoms with van der Waals surface area (Å²) in [5.41, 5.74) is -0.914. The number of halogens is 3. The van der Waals surface area contributed by atoms with Crippen molar-refractivity contribution in [2.24, 2.45) is 5.92 Å². The van der Waals surface area contributed by atoms with Gasteiger partial charge in [-0.15, -0.1) is 0 Å². The van der Waals surface area contributed by atoms with Gasteiger partial charge in [-0.2, -0.15) is 0 Å². The van der Waals surface area contributed by atoms with Crippen molar-refractivity contribution in [3.8, 4) is 0 Å². The van der Waals surface area contributed by atoms with Gasteiger partial charge in [0.05, 0.1) is 0 Å².